The number of rotatable bonds is 2. The maximum absolute atomic E-state index is 14.0. The number of para-hydroxylation sites is 2. The Morgan fingerprint density at radius 1 is 1.07 bits per heavy atom. The molecular weight excluding hydrogens is 341 g/mol. The van der Waals surface area contributed by atoms with Crippen molar-refractivity contribution in [2.24, 2.45) is 5.92 Å². The molecule has 0 radical (unpaired) electrons. The SMILES string of the molecule is CC(C)[C@@H]1c2cccn2-c2ccccc2CN1C(=O)Nc1ccccc1F. The maximum atomic E-state index is 14.0. The lowest BCUT2D eigenvalue weighted by Gasteiger charge is -2.33. The summed E-state index contributed by atoms with van der Waals surface area (Å²) < 4.78 is 16.2. The summed E-state index contributed by atoms with van der Waals surface area (Å²) in [6.07, 6.45) is 2.03. The van der Waals surface area contributed by atoms with Crippen LogP contribution in [0.3, 0.4) is 0 Å². The number of amides is 2. The second kappa shape index (κ2) is 6.91. The van der Waals surface area contributed by atoms with E-state index in [4.69, 9.17) is 0 Å². The van der Waals surface area contributed by atoms with Crippen LogP contribution in [0.4, 0.5) is 14.9 Å². The number of hydrogen-bond acceptors (Lipinski definition) is 1. The van der Waals surface area contributed by atoms with E-state index in [0.717, 1.165) is 16.9 Å². The Labute approximate surface area is 158 Å². The van der Waals surface area contributed by atoms with E-state index < -0.39 is 5.82 Å². The highest BCUT2D eigenvalue weighted by molar-refractivity contribution is 5.90. The van der Waals surface area contributed by atoms with Gasteiger partial charge in [0.15, 0.2) is 0 Å². The van der Waals surface area contributed by atoms with Gasteiger partial charge in [0.25, 0.3) is 0 Å². The van der Waals surface area contributed by atoms with E-state index in [0.29, 0.717) is 6.54 Å². The van der Waals surface area contributed by atoms with Crippen LogP contribution in [-0.4, -0.2) is 15.5 Å². The number of fused-ring (bicyclic) bond motifs is 3. The van der Waals surface area contributed by atoms with Crippen LogP contribution in [0.1, 0.15) is 31.1 Å². The topological polar surface area (TPSA) is 37.3 Å². The van der Waals surface area contributed by atoms with Gasteiger partial charge in [-0.05, 0) is 41.8 Å². The van der Waals surface area contributed by atoms with Gasteiger partial charge in [-0.15, -0.1) is 0 Å². The fraction of sp³-hybridized carbons (Fsp3) is 0.227. The minimum atomic E-state index is -0.439. The molecule has 4 rings (SSSR count). The van der Waals surface area contributed by atoms with Crippen LogP contribution in [-0.2, 0) is 6.54 Å². The number of nitrogens with one attached hydrogen (secondary N) is 1. The van der Waals surface area contributed by atoms with Crippen LogP contribution in [0, 0.1) is 11.7 Å². The highest BCUT2D eigenvalue weighted by atomic mass is 19.1. The first-order valence-corrected chi connectivity index (χ1v) is 9.14. The van der Waals surface area contributed by atoms with Gasteiger partial charge in [-0.3, -0.25) is 0 Å². The number of hydrogen-bond donors (Lipinski definition) is 1. The van der Waals surface area contributed by atoms with Gasteiger partial charge in [-0.1, -0.05) is 44.2 Å². The molecular formula is C22H22FN3O. The lowest BCUT2D eigenvalue weighted by Crippen LogP contribution is -2.39. The van der Waals surface area contributed by atoms with Crippen LogP contribution in [0.5, 0.6) is 0 Å². The summed E-state index contributed by atoms with van der Waals surface area (Å²) in [5.74, 6) is -0.245. The number of halogens is 1. The monoisotopic (exact) mass is 363 g/mol. The second-order valence-corrected chi connectivity index (χ2v) is 7.16. The summed E-state index contributed by atoms with van der Waals surface area (Å²) in [5.41, 5.74) is 3.38. The molecule has 27 heavy (non-hydrogen) atoms. The molecule has 1 aliphatic rings. The molecule has 5 heteroatoms. The van der Waals surface area contributed by atoms with Crippen molar-refractivity contribution in [1.82, 2.24) is 9.47 Å². The van der Waals surface area contributed by atoms with Gasteiger partial charge in [0, 0.05) is 11.9 Å². The van der Waals surface area contributed by atoms with E-state index in [1.807, 2.05) is 30.5 Å². The molecule has 3 aromatic rings. The molecule has 0 saturated carbocycles. The van der Waals surface area contributed by atoms with Crippen molar-refractivity contribution in [3.8, 4) is 5.69 Å². The minimum Gasteiger partial charge on any atom is -0.318 e. The van der Waals surface area contributed by atoms with E-state index in [1.54, 1.807) is 23.1 Å². The molecule has 2 amide bonds. The maximum Gasteiger partial charge on any atom is 0.322 e. The first-order valence-electron chi connectivity index (χ1n) is 9.14. The fourth-order valence-electron chi connectivity index (χ4n) is 3.82. The summed E-state index contributed by atoms with van der Waals surface area (Å²) in [4.78, 5) is 15.0. The van der Waals surface area contributed by atoms with Crippen molar-refractivity contribution in [1.29, 1.82) is 0 Å². The normalized spacial score (nSPS) is 15.9. The van der Waals surface area contributed by atoms with Crippen LogP contribution < -0.4 is 5.32 Å². The Morgan fingerprint density at radius 2 is 1.81 bits per heavy atom. The highest BCUT2D eigenvalue weighted by Gasteiger charge is 2.33. The molecule has 0 aliphatic carbocycles. The first-order chi connectivity index (χ1) is 13.1. The molecule has 138 valence electrons. The van der Waals surface area contributed by atoms with Gasteiger partial charge >= 0.3 is 6.03 Å². The second-order valence-electron chi connectivity index (χ2n) is 7.16. The first kappa shape index (κ1) is 17.3. The number of aromatic nitrogens is 1. The zero-order valence-electron chi connectivity index (χ0n) is 15.4. The number of carbonyl (C=O) groups excluding carboxylic acids is 1. The lowest BCUT2D eigenvalue weighted by molar-refractivity contribution is 0.162. The number of urea groups is 1. The predicted octanol–water partition coefficient (Wildman–Crippen LogP) is 5.36. The van der Waals surface area contributed by atoms with Gasteiger partial charge in [-0.25, -0.2) is 9.18 Å². The molecule has 0 bridgehead atoms. The average Bonchev–Trinajstić information content (AvgIpc) is 3.07. The summed E-state index contributed by atoms with van der Waals surface area (Å²) in [6, 6.07) is 17.9. The van der Waals surface area contributed by atoms with Crippen molar-refractivity contribution in [2.45, 2.75) is 26.4 Å². The highest BCUT2D eigenvalue weighted by Crippen LogP contribution is 2.36. The molecule has 1 aliphatic heterocycles. The van der Waals surface area contributed by atoms with Crippen LogP contribution >= 0.6 is 0 Å². The summed E-state index contributed by atoms with van der Waals surface area (Å²) in [6.45, 7) is 4.66. The zero-order chi connectivity index (χ0) is 19.0. The Balaban J connectivity index is 1.77. The predicted molar refractivity (Wildman–Crippen MR) is 104 cm³/mol. The van der Waals surface area contributed by atoms with E-state index >= 15 is 0 Å². The number of nitrogens with zero attached hydrogens (tertiary/aromatic N) is 2. The van der Waals surface area contributed by atoms with Crippen molar-refractivity contribution in [3.05, 3.63) is 83.9 Å². The Kier molecular flexibility index (Phi) is 4.44. The minimum absolute atomic E-state index is 0.126. The zero-order valence-corrected chi connectivity index (χ0v) is 15.4. The van der Waals surface area contributed by atoms with E-state index in [1.165, 1.54) is 6.07 Å². The quantitative estimate of drug-likeness (QED) is 0.654. The number of carbonyl (C=O) groups is 1. The average molecular weight is 363 g/mol. The third-order valence-corrected chi connectivity index (χ3v) is 5.02. The van der Waals surface area contributed by atoms with Crippen molar-refractivity contribution in [3.63, 3.8) is 0 Å². The van der Waals surface area contributed by atoms with Gasteiger partial charge in [0.1, 0.15) is 5.82 Å². The van der Waals surface area contributed by atoms with Gasteiger partial charge in [0.05, 0.1) is 24.0 Å². The van der Waals surface area contributed by atoms with Crippen LogP contribution in [0.2, 0.25) is 0 Å². The van der Waals surface area contributed by atoms with Crippen LogP contribution in [0.15, 0.2) is 66.9 Å². The third kappa shape index (κ3) is 3.10. The summed E-state index contributed by atoms with van der Waals surface area (Å²) >= 11 is 0. The molecule has 1 atom stereocenters. The van der Waals surface area contributed by atoms with E-state index in [-0.39, 0.29) is 23.7 Å². The number of anilines is 1. The molecule has 0 unspecified atom stereocenters. The van der Waals surface area contributed by atoms with E-state index in [2.05, 4.69) is 35.9 Å². The summed E-state index contributed by atoms with van der Waals surface area (Å²) in [5, 5.41) is 2.75. The van der Waals surface area contributed by atoms with Gasteiger partial charge in [-0.2, -0.15) is 0 Å². The molecule has 1 N–H and O–H groups in total. The van der Waals surface area contributed by atoms with E-state index in [9.17, 15) is 9.18 Å². The lowest BCUT2D eigenvalue weighted by atomic mass is 9.99. The molecule has 0 saturated heterocycles. The van der Waals surface area contributed by atoms with Crippen molar-refractivity contribution in [2.75, 3.05) is 5.32 Å². The fourth-order valence-corrected chi connectivity index (χ4v) is 3.82. The Bertz CT molecular complexity index is 979. The molecule has 1 aromatic heterocycles. The van der Waals surface area contributed by atoms with Crippen molar-refractivity contribution < 1.29 is 9.18 Å². The van der Waals surface area contributed by atoms with Gasteiger partial charge in [0.2, 0.25) is 0 Å². The largest absolute Gasteiger partial charge is 0.322 e. The summed E-state index contributed by atoms with van der Waals surface area (Å²) in [7, 11) is 0. The van der Waals surface area contributed by atoms with Crippen LogP contribution in [0.25, 0.3) is 5.69 Å². The smallest absolute Gasteiger partial charge is 0.318 e. The van der Waals surface area contributed by atoms with Crippen molar-refractivity contribution >= 4 is 11.7 Å². The standard InChI is InChI=1S/C22H22FN3O/c1-15(2)21-20-12-7-13-25(20)19-11-6-3-8-16(19)14-26(21)22(27)24-18-10-5-4-9-17(18)23/h3-13,15,21H,14H2,1-2H3,(H,24,27)/t21-/m1/s1. The third-order valence-electron chi connectivity index (χ3n) is 5.02. The number of benzene rings is 2. The molecule has 0 fully saturated rings. The molecule has 4 nitrogen and oxygen atoms in total. The Morgan fingerprint density at radius 3 is 2.59 bits per heavy atom. The molecule has 2 heterocycles. The van der Waals surface area contributed by atoms with Gasteiger partial charge < -0.3 is 14.8 Å². The molecule has 0 spiro atoms. The Hall–Kier alpha value is -3.08. The molecule has 2 aromatic carbocycles.